The molecule has 0 aromatic heterocycles. The number of esters is 1. The molecule has 0 fully saturated rings. The number of hydrogen-bond donors (Lipinski definition) is 3. The molecule has 0 amide bonds. The van der Waals surface area contributed by atoms with E-state index in [1.807, 2.05) is 0 Å². The number of carboxylic acids is 1. The van der Waals surface area contributed by atoms with Gasteiger partial charge in [-0.05, 0) is 12.8 Å². The molecule has 0 bridgehead atoms. The molecule has 0 rings (SSSR count). The Hall–Kier alpha value is -1.40. The monoisotopic (exact) mass is 372 g/mol. The Morgan fingerprint density at radius 2 is 1.46 bits per heavy atom. The fourth-order valence-electron chi connectivity index (χ4n) is 2.76. The molecule has 0 saturated heterocycles. The summed E-state index contributed by atoms with van der Waals surface area (Å²) in [4.78, 5) is 22.4. The summed E-state index contributed by atoms with van der Waals surface area (Å²) >= 11 is 0. The van der Waals surface area contributed by atoms with Crippen molar-refractivity contribution >= 4 is 11.9 Å². The zero-order valence-corrected chi connectivity index (χ0v) is 16.1. The maximum Gasteiger partial charge on any atom is 0.334 e. The van der Waals surface area contributed by atoms with E-state index in [0.29, 0.717) is 6.42 Å². The summed E-state index contributed by atoms with van der Waals surface area (Å²) in [6.07, 6.45) is 9.63. The van der Waals surface area contributed by atoms with Gasteiger partial charge >= 0.3 is 11.9 Å². The van der Waals surface area contributed by atoms with Crippen LogP contribution in [0.5, 0.6) is 0 Å². The van der Waals surface area contributed by atoms with Crippen LogP contribution in [0, 0.1) is 0 Å². The second-order valence-electron chi connectivity index (χ2n) is 6.84. The average Bonchev–Trinajstić information content (AvgIpc) is 2.60. The van der Waals surface area contributed by atoms with Crippen LogP contribution in [0.2, 0.25) is 0 Å². The molecule has 0 heterocycles. The van der Waals surface area contributed by atoms with E-state index in [4.69, 9.17) is 14.9 Å². The first kappa shape index (κ1) is 24.6. The molecule has 3 N–H and O–H groups in total. The smallest absolute Gasteiger partial charge is 0.334 e. The minimum Gasteiger partial charge on any atom is -0.481 e. The third kappa shape index (κ3) is 12.9. The zero-order valence-electron chi connectivity index (χ0n) is 16.1. The molecular formula is C20H36O6. The number of carboxylic acid groups (broad SMARTS) is 1. The minimum absolute atomic E-state index is 0.171. The van der Waals surface area contributed by atoms with Crippen LogP contribution < -0.4 is 0 Å². The highest BCUT2D eigenvalue weighted by atomic mass is 16.6. The van der Waals surface area contributed by atoms with Crippen molar-refractivity contribution in [1.82, 2.24) is 0 Å². The van der Waals surface area contributed by atoms with Crippen molar-refractivity contribution in [1.29, 1.82) is 0 Å². The van der Waals surface area contributed by atoms with Crippen LogP contribution >= 0.6 is 0 Å². The van der Waals surface area contributed by atoms with Gasteiger partial charge in [0, 0.05) is 5.57 Å². The number of ether oxygens (including phenoxy) is 1. The van der Waals surface area contributed by atoms with E-state index >= 15 is 0 Å². The largest absolute Gasteiger partial charge is 0.481 e. The molecule has 152 valence electrons. The third-order valence-electron chi connectivity index (χ3n) is 4.37. The second kappa shape index (κ2) is 15.8. The Morgan fingerprint density at radius 3 is 1.92 bits per heavy atom. The van der Waals surface area contributed by atoms with Crippen LogP contribution in [0.4, 0.5) is 0 Å². The molecule has 0 aliphatic carbocycles. The fourth-order valence-corrected chi connectivity index (χ4v) is 2.76. The Labute approximate surface area is 157 Å². The number of carbonyl (C=O) groups excluding carboxylic acids is 1. The van der Waals surface area contributed by atoms with Gasteiger partial charge in [-0.25, -0.2) is 4.79 Å². The Bertz CT molecular complexity index is 407. The summed E-state index contributed by atoms with van der Waals surface area (Å²) in [6, 6.07) is 0. The molecule has 2 atom stereocenters. The quantitative estimate of drug-likeness (QED) is 0.205. The topological polar surface area (TPSA) is 104 Å². The van der Waals surface area contributed by atoms with Crippen molar-refractivity contribution in [3.8, 4) is 0 Å². The average molecular weight is 373 g/mol. The predicted octanol–water partition coefficient (Wildman–Crippen LogP) is 3.59. The van der Waals surface area contributed by atoms with Gasteiger partial charge in [0.05, 0.1) is 13.0 Å². The van der Waals surface area contributed by atoms with E-state index < -0.39 is 37.2 Å². The number of aliphatic hydroxyl groups excluding tert-OH is 2. The zero-order chi connectivity index (χ0) is 19.8. The van der Waals surface area contributed by atoms with Crippen molar-refractivity contribution in [2.75, 3.05) is 6.61 Å². The number of unbranched alkanes of at least 4 members (excludes halogenated alkanes) is 9. The SMILES string of the molecule is C=C(CC(=O)O)C(=O)OC(CCCCCCCCCCCC)C(O)CO. The number of carbonyl (C=O) groups is 2. The van der Waals surface area contributed by atoms with E-state index in [1.54, 1.807) is 0 Å². The van der Waals surface area contributed by atoms with Crippen LogP contribution in [0.1, 0.15) is 84.0 Å². The lowest BCUT2D eigenvalue weighted by molar-refractivity contribution is -0.153. The molecule has 6 nitrogen and oxygen atoms in total. The van der Waals surface area contributed by atoms with Gasteiger partial charge < -0.3 is 20.1 Å². The van der Waals surface area contributed by atoms with Crippen LogP contribution in [-0.2, 0) is 14.3 Å². The molecule has 6 heteroatoms. The second-order valence-corrected chi connectivity index (χ2v) is 6.84. The highest BCUT2D eigenvalue weighted by Crippen LogP contribution is 2.16. The van der Waals surface area contributed by atoms with E-state index in [0.717, 1.165) is 19.3 Å². The summed E-state index contributed by atoms with van der Waals surface area (Å²) in [6.45, 7) is 5.09. The van der Waals surface area contributed by atoms with Gasteiger partial charge in [-0.3, -0.25) is 4.79 Å². The standard InChI is InChI=1S/C20H36O6/c1-3-4-5-6-7-8-9-10-11-12-13-18(17(22)15-21)26-20(25)16(2)14-19(23)24/h17-18,21-22H,2-15H2,1H3,(H,23,24). The van der Waals surface area contributed by atoms with Crippen LogP contribution in [0.25, 0.3) is 0 Å². The molecule has 26 heavy (non-hydrogen) atoms. The van der Waals surface area contributed by atoms with Gasteiger partial charge in [0.15, 0.2) is 0 Å². The summed E-state index contributed by atoms with van der Waals surface area (Å²) in [7, 11) is 0. The van der Waals surface area contributed by atoms with Crippen LogP contribution in [-0.4, -0.2) is 46.1 Å². The molecule has 0 spiro atoms. The normalized spacial score (nSPS) is 13.2. The lowest BCUT2D eigenvalue weighted by Crippen LogP contribution is -2.34. The van der Waals surface area contributed by atoms with Gasteiger partial charge in [-0.1, -0.05) is 71.3 Å². The first-order valence-electron chi connectivity index (χ1n) is 9.81. The minimum atomic E-state index is -1.17. The van der Waals surface area contributed by atoms with Crippen molar-refractivity contribution in [3.05, 3.63) is 12.2 Å². The molecule has 0 aromatic carbocycles. The highest BCUT2D eigenvalue weighted by molar-refractivity contribution is 5.92. The van der Waals surface area contributed by atoms with Crippen molar-refractivity contribution in [3.63, 3.8) is 0 Å². The fraction of sp³-hybridized carbons (Fsp3) is 0.800. The summed E-state index contributed by atoms with van der Waals surface area (Å²) < 4.78 is 5.14. The summed E-state index contributed by atoms with van der Waals surface area (Å²) in [5.74, 6) is -2.00. The summed E-state index contributed by atoms with van der Waals surface area (Å²) in [5, 5.41) is 27.6. The maximum absolute atomic E-state index is 11.8. The van der Waals surface area contributed by atoms with E-state index in [2.05, 4.69) is 13.5 Å². The number of aliphatic hydroxyl groups is 2. The molecular weight excluding hydrogens is 336 g/mol. The van der Waals surface area contributed by atoms with Gasteiger partial charge in [0.1, 0.15) is 12.2 Å². The first-order valence-corrected chi connectivity index (χ1v) is 9.81. The van der Waals surface area contributed by atoms with Gasteiger partial charge in [0.25, 0.3) is 0 Å². The Morgan fingerprint density at radius 1 is 0.962 bits per heavy atom. The lowest BCUT2D eigenvalue weighted by atomic mass is 10.0. The molecule has 0 aliphatic rings. The first-order chi connectivity index (χ1) is 12.4. The Balaban J connectivity index is 4.00. The number of rotatable bonds is 17. The van der Waals surface area contributed by atoms with Crippen LogP contribution in [0.3, 0.4) is 0 Å². The molecule has 0 aliphatic heterocycles. The predicted molar refractivity (Wildman–Crippen MR) is 101 cm³/mol. The van der Waals surface area contributed by atoms with Crippen LogP contribution in [0.15, 0.2) is 12.2 Å². The van der Waals surface area contributed by atoms with Crippen molar-refractivity contribution in [2.24, 2.45) is 0 Å². The molecule has 0 radical (unpaired) electrons. The molecule has 0 aromatic rings. The molecule has 2 unspecified atom stereocenters. The van der Waals surface area contributed by atoms with Gasteiger partial charge in [-0.15, -0.1) is 0 Å². The maximum atomic E-state index is 11.8. The van der Waals surface area contributed by atoms with Crippen molar-refractivity contribution < 1.29 is 29.6 Å². The highest BCUT2D eigenvalue weighted by Gasteiger charge is 2.24. The third-order valence-corrected chi connectivity index (χ3v) is 4.37. The van der Waals surface area contributed by atoms with E-state index in [-0.39, 0.29) is 5.57 Å². The van der Waals surface area contributed by atoms with E-state index in [1.165, 1.54) is 44.9 Å². The van der Waals surface area contributed by atoms with Gasteiger partial charge in [0.2, 0.25) is 0 Å². The van der Waals surface area contributed by atoms with Gasteiger partial charge in [-0.2, -0.15) is 0 Å². The number of hydrogen-bond acceptors (Lipinski definition) is 5. The molecule has 0 saturated carbocycles. The summed E-state index contributed by atoms with van der Waals surface area (Å²) in [5.41, 5.74) is -0.171. The lowest BCUT2D eigenvalue weighted by Gasteiger charge is -2.22. The van der Waals surface area contributed by atoms with E-state index in [9.17, 15) is 14.7 Å². The van der Waals surface area contributed by atoms with Crippen molar-refractivity contribution in [2.45, 2.75) is 96.2 Å². The Kier molecular flexibility index (Phi) is 15.0. The number of aliphatic carboxylic acids is 1.